The van der Waals surface area contributed by atoms with Crippen LogP contribution in [0.3, 0.4) is 0 Å². The lowest BCUT2D eigenvalue weighted by Crippen LogP contribution is -2.46. The summed E-state index contributed by atoms with van der Waals surface area (Å²) < 4.78 is 0. The van der Waals surface area contributed by atoms with E-state index in [2.05, 4.69) is 16.7 Å². The van der Waals surface area contributed by atoms with Crippen molar-refractivity contribution < 1.29 is 19.9 Å². The van der Waals surface area contributed by atoms with E-state index >= 15 is 0 Å². The van der Waals surface area contributed by atoms with Gasteiger partial charge in [-0.3, -0.25) is 14.9 Å². The van der Waals surface area contributed by atoms with Crippen molar-refractivity contribution in [2.45, 2.75) is 13.3 Å². The molecule has 1 aliphatic rings. The van der Waals surface area contributed by atoms with Gasteiger partial charge < -0.3 is 20.0 Å². The Hall–Kier alpha value is -1.61. The average Bonchev–Trinajstić information content (AvgIpc) is 2.55. The van der Waals surface area contributed by atoms with Crippen LogP contribution in [0, 0.1) is 10.1 Å². The van der Waals surface area contributed by atoms with E-state index in [1.165, 1.54) is 0 Å². The van der Waals surface area contributed by atoms with Crippen LogP contribution in [0.5, 0.6) is 11.5 Å². The molecule has 0 saturated carbocycles. The van der Waals surface area contributed by atoms with Crippen molar-refractivity contribution in [3.8, 4) is 11.5 Å². The summed E-state index contributed by atoms with van der Waals surface area (Å²) in [5.74, 6) is -1.76. The summed E-state index contributed by atoms with van der Waals surface area (Å²) in [5.41, 5.74) is -0.621. The number of carbonyl (C=O) groups is 1. The fourth-order valence-electron chi connectivity index (χ4n) is 2.64. The molecule has 8 nitrogen and oxygen atoms in total. The molecule has 2 N–H and O–H groups in total. The van der Waals surface area contributed by atoms with Crippen molar-refractivity contribution in [2.75, 3.05) is 39.3 Å². The Balaban J connectivity index is 0.00000288. The van der Waals surface area contributed by atoms with E-state index in [1.54, 1.807) is 0 Å². The maximum atomic E-state index is 12.2. The standard InChI is InChI=1S/C15H21N3O5.2ClH/c1-2-16-5-7-17(8-6-16)4-3-13(19)11-9-12(18(22)23)15(21)14(20)10-11;;/h9-10,20-21H,2-8H2,1H3;2*1H. The van der Waals surface area contributed by atoms with Gasteiger partial charge in [-0.2, -0.15) is 0 Å². The predicted octanol–water partition coefficient (Wildman–Crippen LogP) is 2.06. The molecule has 1 fully saturated rings. The normalized spacial score (nSPS) is 15.1. The van der Waals surface area contributed by atoms with Gasteiger partial charge in [-0.05, 0) is 12.6 Å². The number of nitro groups is 1. The van der Waals surface area contributed by atoms with Gasteiger partial charge in [0, 0.05) is 50.8 Å². The second-order valence-electron chi connectivity index (χ2n) is 5.57. The van der Waals surface area contributed by atoms with Gasteiger partial charge >= 0.3 is 5.69 Å². The lowest BCUT2D eigenvalue weighted by atomic mass is 10.1. The number of Topliss-reactive ketones (excluding diaryl/α,β-unsaturated/α-hetero) is 1. The van der Waals surface area contributed by atoms with Gasteiger partial charge in [-0.25, -0.2) is 0 Å². The van der Waals surface area contributed by atoms with E-state index in [-0.39, 0.29) is 42.6 Å². The minimum absolute atomic E-state index is 0. The highest BCUT2D eigenvalue weighted by Crippen LogP contribution is 2.36. The number of phenolic OH excluding ortho intramolecular Hbond substituents is 2. The minimum Gasteiger partial charge on any atom is -0.504 e. The zero-order valence-electron chi connectivity index (χ0n) is 13.9. The molecule has 1 heterocycles. The van der Waals surface area contributed by atoms with Gasteiger partial charge in [0.1, 0.15) is 0 Å². The Morgan fingerprint density at radius 1 is 1.16 bits per heavy atom. The molecule has 1 aromatic carbocycles. The van der Waals surface area contributed by atoms with E-state index in [0.717, 1.165) is 44.9 Å². The number of nitrogens with zero attached hydrogens (tertiary/aromatic N) is 3. The van der Waals surface area contributed by atoms with Crippen LogP contribution in [0.15, 0.2) is 12.1 Å². The third kappa shape index (κ3) is 6.00. The molecule has 0 spiro atoms. The van der Waals surface area contributed by atoms with Crippen molar-refractivity contribution in [3.05, 3.63) is 27.8 Å². The molecule has 0 aliphatic carbocycles. The van der Waals surface area contributed by atoms with Crippen LogP contribution in [0.2, 0.25) is 0 Å². The fourth-order valence-corrected chi connectivity index (χ4v) is 2.64. The zero-order chi connectivity index (χ0) is 17.0. The van der Waals surface area contributed by atoms with Crippen LogP contribution in [0.25, 0.3) is 0 Å². The van der Waals surface area contributed by atoms with Gasteiger partial charge in [-0.1, -0.05) is 6.92 Å². The molecule has 0 unspecified atom stereocenters. The lowest BCUT2D eigenvalue weighted by molar-refractivity contribution is -0.386. The number of carbonyl (C=O) groups excluding carboxylic acids is 1. The lowest BCUT2D eigenvalue weighted by Gasteiger charge is -2.33. The second kappa shape index (κ2) is 10.4. The number of hydrogen-bond acceptors (Lipinski definition) is 7. The van der Waals surface area contributed by atoms with Crippen LogP contribution in [0.1, 0.15) is 23.7 Å². The molecule has 0 amide bonds. The number of rotatable bonds is 6. The largest absolute Gasteiger partial charge is 0.504 e. The van der Waals surface area contributed by atoms with E-state index in [9.17, 15) is 25.1 Å². The number of aromatic hydroxyl groups is 2. The average molecular weight is 396 g/mol. The van der Waals surface area contributed by atoms with Crippen LogP contribution >= 0.6 is 24.8 Å². The van der Waals surface area contributed by atoms with Crippen molar-refractivity contribution in [3.63, 3.8) is 0 Å². The van der Waals surface area contributed by atoms with Crippen molar-refractivity contribution >= 4 is 36.3 Å². The van der Waals surface area contributed by atoms with Gasteiger partial charge in [0.25, 0.3) is 0 Å². The molecule has 1 saturated heterocycles. The quantitative estimate of drug-likeness (QED) is 0.328. The smallest absolute Gasteiger partial charge is 0.315 e. The molecule has 10 heteroatoms. The second-order valence-corrected chi connectivity index (χ2v) is 5.57. The molecule has 0 aromatic heterocycles. The maximum Gasteiger partial charge on any atom is 0.315 e. The molecule has 25 heavy (non-hydrogen) atoms. The van der Waals surface area contributed by atoms with E-state index in [4.69, 9.17) is 0 Å². The molecule has 142 valence electrons. The topological polar surface area (TPSA) is 107 Å². The molecular formula is C15H23Cl2N3O5. The summed E-state index contributed by atoms with van der Waals surface area (Å²) >= 11 is 0. The molecular weight excluding hydrogens is 373 g/mol. The van der Waals surface area contributed by atoms with E-state index < -0.39 is 22.1 Å². The van der Waals surface area contributed by atoms with Crippen molar-refractivity contribution in [1.29, 1.82) is 0 Å². The Labute approximate surface area is 158 Å². The first-order chi connectivity index (χ1) is 10.9. The number of likely N-dealkylation sites (N-methyl/N-ethyl adjacent to an activating group) is 1. The summed E-state index contributed by atoms with van der Waals surface area (Å²) in [6, 6.07) is 2.08. The Kier molecular flexibility index (Phi) is 9.73. The molecule has 0 bridgehead atoms. The first-order valence-electron chi connectivity index (χ1n) is 7.60. The highest BCUT2D eigenvalue weighted by molar-refractivity contribution is 5.97. The maximum absolute atomic E-state index is 12.2. The number of halogens is 2. The molecule has 1 aliphatic heterocycles. The van der Waals surface area contributed by atoms with Crippen LogP contribution in [0.4, 0.5) is 5.69 Å². The Bertz CT molecular complexity index is 607. The number of piperazine rings is 1. The first kappa shape index (κ1) is 23.4. The third-order valence-corrected chi connectivity index (χ3v) is 4.16. The molecule has 1 aromatic rings. The first-order valence-corrected chi connectivity index (χ1v) is 7.60. The van der Waals surface area contributed by atoms with Gasteiger partial charge in [-0.15, -0.1) is 24.8 Å². The highest BCUT2D eigenvalue weighted by Gasteiger charge is 2.22. The summed E-state index contributed by atoms with van der Waals surface area (Å²) in [7, 11) is 0. The predicted molar refractivity (Wildman–Crippen MR) is 98.4 cm³/mol. The molecule has 0 atom stereocenters. The minimum atomic E-state index is -0.824. The van der Waals surface area contributed by atoms with Gasteiger partial charge in [0.05, 0.1) is 4.92 Å². The number of hydrogen-bond donors (Lipinski definition) is 2. The van der Waals surface area contributed by atoms with E-state index in [0.29, 0.717) is 6.54 Å². The SMILES string of the molecule is CCN1CCN(CCC(=O)c2cc(O)c(O)c([N+](=O)[O-])c2)CC1.Cl.Cl. The van der Waals surface area contributed by atoms with E-state index in [1.807, 2.05) is 0 Å². The van der Waals surface area contributed by atoms with Gasteiger partial charge in [0.15, 0.2) is 11.5 Å². The summed E-state index contributed by atoms with van der Waals surface area (Å²) in [4.78, 5) is 26.7. The third-order valence-electron chi connectivity index (χ3n) is 4.16. The van der Waals surface area contributed by atoms with Crippen molar-refractivity contribution in [2.24, 2.45) is 0 Å². The Morgan fingerprint density at radius 3 is 2.24 bits per heavy atom. The molecule has 2 rings (SSSR count). The van der Waals surface area contributed by atoms with Crippen LogP contribution in [-0.4, -0.2) is 70.0 Å². The van der Waals surface area contributed by atoms with Gasteiger partial charge in [0.2, 0.25) is 5.75 Å². The van der Waals surface area contributed by atoms with Crippen molar-refractivity contribution in [1.82, 2.24) is 9.80 Å². The summed E-state index contributed by atoms with van der Waals surface area (Å²) in [5, 5.41) is 29.8. The number of ketones is 1. The fraction of sp³-hybridized carbons (Fsp3) is 0.533. The number of phenols is 2. The highest BCUT2D eigenvalue weighted by atomic mass is 35.5. The number of benzene rings is 1. The summed E-state index contributed by atoms with van der Waals surface area (Å²) in [6.07, 6.45) is 0.216. The Morgan fingerprint density at radius 2 is 1.72 bits per heavy atom. The van der Waals surface area contributed by atoms with Crippen LogP contribution in [-0.2, 0) is 0 Å². The summed E-state index contributed by atoms with van der Waals surface area (Å²) in [6.45, 7) is 7.43. The molecule has 0 radical (unpaired) electrons. The monoisotopic (exact) mass is 395 g/mol. The van der Waals surface area contributed by atoms with Crippen LogP contribution < -0.4 is 0 Å². The zero-order valence-corrected chi connectivity index (χ0v) is 15.5. The number of nitro benzene ring substituents is 1.